The summed E-state index contributed by atoms with van der Waals surface area (Å²) in [7, 11) is 1.45. The molecule has 5 atom stereocenters. The lowest BCUT2D eigenvalue weighted by Gasteiger charge is -2.20. The summed E-state index contributed by atoms with van der Waals surface area (Å²) in [5.41, 5.74) is 0.877. The first kappa shape index (κ1) is 17.9. The fraction of sp³-hybridized carbons (Fsp3) is 0.643. The van der Waals surface area contributed by atoms with Gasteiger partial charge in [-0.2, -0.15) is 0 Å². The van der Waals surface area contributed by atoms with Gasteiger partial charge >= 0.3 is 0 Å². The van der Waals surface area contributed by atoms with Crippen LogP contribution < -0.4 is 5.32 Å². The molecule has 0 aromatic carbocycles. The molecule has 1 saturated heterocycles. The summed E-state index contributed by atoms with van der Waals surface area (Å²) in [5.74, 6) is 0.391. The van der Waals surface area contributed by atoms with Crippen molar-refractivity contribution in [2.75, 3.05) is 32.2 Å². The number of nitrogens with zero attached hydrogens (tertiary/aromatic N) is 4. The van der Waals surface area contributed by atoms with Crippen LogP contribution in [0.1, 0.15) is 6.23 Å². The minimum Gasteiger partial charge on any atom is -0.394 e. The maximum Gasteiger partial charge on any atom is 0.167 e. The molecule has 2 aromatic rings. The molecule has 25 heavy (non-hydrogen) atoms. The molecule has 5 N–H and O–H groups in total. The Kier molecular flexibility index (Phi) is 5.42. The van der Waals surface area contributed by atoms with Crippen LogP contribution in [0.15, 0.2) is 12.7 Å². The van der Waals surface area contributed by atoms with Crippen LogP contribution in [0.25, 0.3) is 11.2 Å². The van der Waals surface area contributed by atoms with Crippen LogP contribution in [0.3, 0.4) is 0 Å². The van der Waals surface area contributed by atoms with Crippen molar-refractivity contribution in [3.63, 3.8) is 0 Å². The lowest BCUT2D eigenvalue weighted by atomic mass is 10.1. The van der Waals surface area contributed by atoms with Crippen molar-refractivity contribution < 1.29 is 29.9 Å². The Morgan fingerprint density at radius 2 is 2.16 bits per heavy atom. The van der Waals surface area contributed by atoms with Gasteiger partial charge in [-0.3, -0.25) is 4.57 Å². The lowest BCUT2D eigenvalue weighted by Crippen LogP contribution is -2.34. The SMILES string of the molecule is COC1C(O)[C@@H](CO)O[C@H]1n1cnc2c(NCC(O)CO)ncnc21. The van der Waals surface area contributed by atoms with Gasteiger partial charge in [0.05, 0.1) is 25.6 Å². The van der Waals surface area contributed by atoms with E-state index in [2.05, 4.69) is 20.3 Å². The minimum absolute atomic E-state index is 0.0986. The van der Waals surface area contributed by atoms with Gasteiger partial charge in [0.1, 0.15) is 24.6 Å². The Hall–Kier alpha value is -1.89. The molecular formula is C14H21N5O6. The Bertz CT molecular complexity index is 712. The molecule has 3 rings (SSSR count). The number of nitrogens with one attached hydrogen (secondary N) is 1. The fourth-order valence-electron chi connectivity index (χ4n) is 2.79. The average molecular weight is 355 g/mol. The van der Waals surface area contributed by atoms with Gasteiger partial charge in [0.25, 0.3) is 0 Å². The van der Waals surface area contributed by atoms with E-state index in [4.69, 9.17) is 14.6 Å². The predicted molar refractivity (Wildman–Crippen MR) is 84.7 cm³/mol. The molecule has 1 aliphatic rings. The van der Waals surface area contributed by atoms with Crippen molar-refractivity contribution >= 4 is 17.0 Å². The summed E-state index contributed by atoms with van der Waals surface area (Å²) in [5, 5.41) is 40.7. The zero-order valence-corrected chi connectivity index (χ0v) is 13.6. The molecule has 3 heterocycles. The predicted octanol–water partition coefficient (Wildman–Crippen LogP) is -2.14. The van der Waals surface area contributed by atoms with E-state index in [1.54, 1.807) is 4.57 Å². The summed E-state index contributed by atoms with van der Waals surface area (Å²) in [4.78, 5) is 12.5. The van der Waals surface area contributed by atoms with Crippen molar-refractivity contribution in [1.82, 2.24) is 19.5 Å². The quantitative estimate of drug-likeness (QED) is 0.371. The van der Waals surface area contributed by atoms with Crippen molar-refractivity contribution in [3.05, 3.63) is 12.7 Å². The van der Waals surface area contributed by atoms with Gasteiger partial charge in [-0.05, 0) is 0 Å². The van der Waals surface area contributed by atoms with E-state index in [-0.39, 0.29) is 19.8 Å². The second-order valence-corrected chi connectivity index (χ2v) is 5.70. The van der Waals surface area contributed by atoms with E-state index in [0.717, 1.165) is 0 Å². The minimum atomic E-state index is -0.989. The summed E-state index contributed by atoms with van der Waals surface area (Å²) >= 11 is 0. The number of methoxy groups -OCH3 is 1. The first-order valence-electron chi connectivity index (χ1n) is 7.78. The largest absolute Gasteiger partial charge is 0.394 e. The Morgan fingerprint density at radius 1 is 1.36 bits per heavy atom. The Balaban J connectivity index is 1.91. The highest BCUT2D eigenvalue weighted by molar-refractivity contribution is 5.82. The normalized spacial score (nSPS) is 27.7. The van der Waals surface area contributed by atoms with Gasteiger partial charge in [-0.25, -0.2) is 15.0 Å². The number of ether oxygens (including phenoxy) is 2. The van der Waals surface area contributed by atoms with Gasteiger partial charge < -0.3 is 35.2 Å². The third-order valence-electron chi connectivity index (χ3n) is 4.11. The summed E-state index contributed by atoms with van der Waals surface area (Å²) in [6.45, 7) is -0.617. The first-order valence-corrected chi connectivity index (χ1v) is 7.78. The summed E-state index contributed by atoms with van der Waals surface area (Å²) < 4.78 is 12.6. The maximum absolute atomic E-state index is 10.2. The van der Waals surface area contributed by atoms with Crippen LogP contribution in [0, 0.1) is 0 Å². The van der Waals surface area contributed by atoms with Gasteiger partial charge in [0, 0.05) is 13.7 Å². The molecule has 0 aliphatic carbocycles. The molecule has 1 fully saturated rings. The smallest absolute Gasteiger partial charge is 0.167 e. The van der Waals surface area contributed by atoms with Crippen LogP contribution >= 0.6 is 0 Å². The first-order chi connectivity index (χ1) is 12.1. The van der Waals surface area contributed by atoms with Crippen LogP contribution in [0.2, 0.25) is 0 Å². The topological polar surface area (TPSA) is 155 Å². The Morgan fingerprint density at radius 3 is 2.84 bits per heavy atom. The van der Waals surface area contributed by atoms with Crippen molar-refractivity contribution in [2.24, 2.45) is 0 Å². The number of fused-ring (bicyclic) bond motifs is 1. The van der Waals surface area contributed by atoms with E-state index in [1.807, 2.05) is 0 Å². The molecule has 11 nitrogen and oxygen atoms in total. The van der Waals surface area contributed by atoms with E-state index in [0.29, 0.717) is 17.0 Å². The summed E-state index contributed by atoms with van der Waals surface area (Å²) in [6.07, 6.45) is -1.29. The highest BCUT2D eigenvalue weighted by atomic mass is 16.6. The highest BCUT2D eigenvalue weighted by Crippen LogP contribution is 2.33. The van der Waals surface area contributed by atoms with Gasteiger partial charge in [-0.15, -0.1) is 0 Å². The third kappa shape index (κ3) is 3.29. The molecule has 0 radical (unpaired) electrons. The number of hydrogen-bond donors (Lipinski definition) is 5. The van der Waals surface area contributed by atoms with Crippen LogP contribution in [0.5, 0.6) is 0 Å². The van der Waals surface area contributed by atoms with Crippen molar-refractivity contribution in [1.29, 1.82) is 0 Å². The fourth-order valence-corrected chi connectivity index (χ4v) is 2.79. The molecule has 0 amide bonds. The van der Waals surface area contributed by atoms with Crippen LogP contribution in [-0.4, -0.2) is 91.2 Å². The average Bonchev–Trinajstić information content (AvgIpc) is 3.20. The maximum atomic E-state index is 10.2. The highest BCUT2D eigenvalue weighted by Gasteiger charge is 2.45. The van der Waals surface area contributed by atoms with Crippen LogP contribution in [-0.2, 0) is 9.47 Å². The number of hydrogen-bond acceptors (Lipinski definition) is 10. The number of aliphatic hydroxyl groups excluding tert-OH is 4. The number of rotatable bonds is 7. The second kappa shape index (κ2) is 7.56. The standard InChI is InChI=1S/C14H21N5O6/c1-24-11-10(23)8(4-21)25-14(11)19-6-18-9-12(15-2-7(22)3-20)16-5-17-13(9)19/h5-8,10-11,14,20-23H,2-4H2,1H3,(H,15,16,17)/t7?,8-,10?,11?,14-/m1/s1. The van der Waals surface area contributed by atoms with Gasteiger partial charge in [0.15, 0.2) is 23.2 Å². The Labute approximate surface area is 142 Å². The summed E-state index contributed by atoms with van der Waals surface area (Å²) in [6, 6.07) is 0. The molecular weight excluding hydrogens is 334 g/mol. The van der Waals surface area contributed by atoms with Gasteiger partial charge in [-0.1, -0.05) is 0 Å². The molecule has 2 aromatic heterocycles. The van der Waals surface area contributed by atoms with E-state index in [1.165, 1.54) is 19.8 Å². The number of aromatic nitrogens is 4. The van der Waals surface area contributed by atoms with Gasteiger partial charge in [0.2, 0.25) is 0 Å². The lowest BCUT2D eigenvalue weighted by molar-refractivity contribution is -0.0583. The molecule has 0 bridgehead atoms. The molecule has 138 valence electrons. The molecule has 1 aliphatic heterocycles. The number of aliphatic hydroxyl groups is 4. The van der Waals surface area contributed by atoms with E-state index >= 15 is 0 Å². The van der Waals surface area contributed by atoms with E-state index in [9.17, 15) is 15.3 Å². The monoisotopic (exact) mass is 355 g/mol. The van der Waals surface area contributed by atoms with Crippen molar-refractivity contribution in [2.45, 2.75) is 30.6 Å². The van der Waals surface area contributed by atoms with E-state index < -0.39 is 30.6 Å². The third-order valence-corrected chi connectivity index (χ3v) is 4.11. The number of anilines is 1. The zero-order chi connectivity index (χ0) is 18.0. The molecule has 0 saturated carbocycles. The molecule has 11 heteroatoms. The second-order valence-electron chi connectivity index (χ2n) is 5.70. The van der Waals surface area contributed by atoms with Crippen LogP contribution in [0.4, 0.5) is 5.82 Å². The molecule has 3 unspecified atom stereocenters. The number of imidazole rings is 1. The van der Waals surface area contributed by atoms with Crippen molar-refractivity contribution in [3.8, 4) is 0 Å². The zero-order valence-electron chi connectivity index (χ0n) is 13.6. The molecule has 0 spiro atoms.